The number of hydrogen-bond acceptors (Lipinski definition) is 3. The molecule has 2 atom stereocenters. The van der Waals surface area contributed by atoms with Gasteiger partial charge in [-0.05, 0) is 31.4 Å². The number of carbonyl (C=O) groups is 2. The van der Waals surface area contributed by atoms with E-state index in [2.05, 4.69) is 10.6 Å². The van der Waals surface area contributed by atoms with Gasteiger partial charge in [-0.25, -0.2) is 4.79 Å². The molecule has 2 amide bonds. The molecule has 0 heterocycles. The van der Waals surface area contributed by atoms with Crippen LogP contribution in [0.3, 0.4) is 0 Å². The molecule has 1 aromatic carbocycles. The van der Waals surface area contributed by atoms with Crippen LogP contribution >= 0.6 is 0 Å². The number of benzene rings is 1. The monoisotopic (exact) mass is 276 g/mol. The van der Waals surface area contributed by atoms with Crippen molar-refractivity contribution >= 4 is 17.7 Å². The van der Waals surface area contributed by atoms with Crippen molar-refractivity contribution in [3.8, 4) is 0 Å². The smallest absolute Gasteiger partial charge is 0.411 e. The number of para-hydroxylation sites is 1. The Hall–Kier alpha value is -2.04. The standard InChI is InChI=1S/C15H20N2O3/c1-11(18)16-13-8-5-9-14(10-13)20-15(19)17-12-6-3-2-4-7-12/h2-4,6-7,13-14H,5,8-10H2,1H3,(H,16,18)(H,17,19). The first-order chi connectivity index (χ1) is 9.63. The first-order valence-electron chi connectivity index (χ1n) is 6.93. The highest BCUT2D eigenvalue weighted by Gasteiger charge is 2.25. The lowest BCUT2D eigenvalue weighted by Gasteiger charge is -2.29. The molecule has 0 bridgehead atoms. The van der Waals surface area contributed by atoms with Crippen molar-refractivity contribution in [2.24, 2.45) is 0 Å². The molecule has 20 heavy (non-hydrogen) atoms. The summed E-state index contributed by atoms with van der Waals surface area (Å²) < 4.78 is 5.41. The lowest BCUT2D eigenvalue weighted by atomic mass is 9.93. The molecule has 1 aliphatic carbocycles. The third-order valence-electron chi connectivity index (χ3n) is 3.33. The van der Waals surface area contributed by atoms with Gasteiger partial charge >= 0.3 is 6.09 Å². The minimum Gasteiger partial charge on any atom is -0.446 e. The minimum atomic E-state index is -0.440. The maximum absolute atomic E-state index is 11.8. The summed E-state index contributed by atoms with van der Waals surface area (Å²) in [6, 6.07) is 9.31. The zero-order valence-corrected chi connectivity index (χ0v) is 11.6. The average molecular weight is 276 g/mol. The zero-order valence-electron chi connectivity index (χ0n) is 11.6. The van der Waals surface area contributed by atoms with Gasteiger partial charge in [0.2, 0.25) is 5.91 Å². The van der Waals surface area contributed by atoms with E-state index < -0.39 is 6.09 Å². The van der Waals surface area contributed by atoms with Crippen molar-refractivity contribution in [1.82, 2.24) is 5.32 Å². The molecule has 2 rings (SSSR count). The van der Waals surface area contributed by atoms with Gasteiger partial charge < -0.3 is 10.1 Å². The summed E-state index contributed by atoms with van der Waals surface area (Å²) in [5, 5.41) is 5.58. The molecule has 0 radical (unpaired) electrons. The van der Waals surface area contributed by atoms with Crippen molar-refractivity contribution in [2.45, 2.75) is 44.8 Å². The number of carbonyl (C=O) groups excluding carboxylic acids is 2. The van der Waals surface area contributed by atoms with E-state index in [1.807, 2.05) is 30.3 Å². The van der Waals surface area contributed by atoms with Crippen molar-refractivity contribution < 1.29 is 14.3 Å². The lowest BCUT2D eigenvalue weighted by molar-refractivity contribution is -0.120. The van der Waals surface area contributed by atoms with Crippen LogP contribution < -0.4 is 10.6 Å². The van der Waals surface area contributed by atoms with E-state index in [-0.39, 0.29) is 18.1 Å². The van der Waals surface area contributed by atoms with Gasteiger partial charge in [0, 0.05) is 25.1 Å². The molecule has 5 nitrogen and oxygen atoms in total. The molecule has 0 saturated heterocycles. The van der Waals surface area contributed by atoms with E-state index >= 15 is 0 Å². The zero-order chi connectivity index (χ0) is 14.4. The molecule has 1 aliphatic rings. The van der Waals surface area contributed by atoms with E-state index in [0.29, 0.717) is 12.1 Å². The van der Waals surface area contributed by atoms with Crippen LogP contribution in [0.1, 0.15) is 32.6 Å². The Balaban J connectivity index is 1.80. The number of hydrogen-bond donors (Lipinski definition) is 2. The predicted octanol–water partition coefficient (Wildman–Crippen LogP) is 2.68. The fraction of sp³-hybridized carbons (Fsp3) is 0.467. The second kappa shape index (κ2) is 6.93. The summed E-state index contributed by atoms with van der Waals surface area (Å²) in [6.45, 7) is 1.51. The third kappa shape index (κ3) is 4.57. The van der Waals surface area contributed by atoms with Crippen LogP contribution in [0, 0.1) is 0 Å². The van der Waals surface area contributed by atoms with Crippen molar-refractivity contribution in [1.29, 1.82) is 0 Å². The van der Waals surface area contributed by atoms with E-state index in [9.17, 15) is 9.59 Å². The Bertz CT molecular complexity index is 461. The molecule has 1 saturated carbocycles. The summed E-state index contributed by atoms with van der Waals surface area (Å²) in [5.41, 5.74) is 0.715. The van der Waals surface area contributed by atoms with Gasteiger partial charge in [0.1, 0.15) is 6.10 Å². The number of nitrogens with one attached hydrogen (secondary N) is 2. The second-order valence-corrected chi connectivity index (χ2v) is 5.08. The molecule has 0 aliphatic heterocycles. The van der Waals surface area contributed by atoms with Gasteiger partial charge in [-0.15, -0.1) is 0 Å². The highest BCUT2D eigenvalue weighted by Crippen LogP contribution is 2.21. The van der Waals surface area contributed by atoms with Crippen molar-refractivity contribution in [2.75, 3.05) is 5.32 Å². The molecule has 0 aromatic heterocycles. The van der Waals surface area contributed by atoms with Crippen LogP contribution in [-0.2, 0) is 9.53 Å². The molecule has 1 fully saturated rings. The average Bonchev–Trinajstić information content (AvgIpc) is 2.39. The molecule has 2 N–H and O–H groups in total. The van der Waals surface area contributed by atoms with Crippen molar-refractivity contribution in [3.05, 3.63) is 30.3 Å². The fourth-order valence-electron chi connectivity index (χ4n) is 2.49. The van der Waals surface area contributed by atoms with Crippen LogP contribution in [0.2, 0.25) is 0 Å². The largest absolute Gasteiger partial charge is 0.446 e. The number of amides is 2. The normalized spacial score (nSPS) is 21.9. The topological polar surface area (TPSA) is 67.4 Å². The molecule has 5 heteroatoms. The van der Waals surface area contributed by atoms with Gasteiger partial charge in [-0.2, -0.15) is 0 Å². The molecular weight excluding hydrogens is 256 g/mol. The van der Waals surface area contributed by atoms with Gasteiger partial charge in [0.05, 0.1) is 0 Å². The summed E-state index contributed by atoms with van der Waals surface area (Å²) in [6.07, 6.45) is 2.85. The summed E-state index contributed by atoms with van der Waals surface area (Å²) >= 11 is 0. The van der Waals surface area contributed by atoms with Crippen molar-refractivity contribution in [3.63, 3.8) is 0 Å². The molecule has 0 spiro atoms. The first-order valence-corrected chi connectivity index (χ1v) is 6.93. The number of anilines is 1. The van der Waals surface area contributed by atoms with Crippen LogP contribution in [0.25, 0.3) is 0 Å². The summed E-state index contributed by atoms with van der Waals surface area (Å²) in [4.78, 5) is 22.8. The van der Waals surface area contributed by atoms with Crippen LogP contribution in [0.4, 0.5) is 10.5 Å². The van der Waals surface area contributed by atoms with Crippen LogP contribution in [-0.4, -0.2) is 24.1 Å². The Kier molecular flexibility index (Phi) is 4.98. The SMILES string of the molecule is CC(=O)NC1CCCC(OC(=O)Nc2ccccc2)C1. The third-order valence-corrected chi connectivity index (χ3v) is 3.33. The van der Waals surface area contributed by atoms with E-state index in [4.69, 9.17) is 4.74 Å². The Labute approximate surface area is 118 Å². The molecule has 2 unspecified atom stereocenters. The van der Waals surface area contributed by atoms with E-state index in [0.717, 1.165) is 19.3 Å². The first kappa shape index (κ1) is 14.4. The van der Waals surface area contributed by atoms with E-state index in [1.165, 1.54) is 6.92 Å². The lowest BCUT2D eigenvalue weighted by Crippen LogP contribution is -2.40. The van der Waals surface area contributed by atoms with Crippen LogP contribution in [0.5, 0.6) is 0 Å². The van der Waals surface area contributed by atoms with Gasteiger partial charge in [-0.3, -0.25) is 10.1 Å². The fourth-order valence-corrected chi connectivity index (χ4v) is 2.49. The Morgan fingerprint density at radius 2 is 1.95 bits per heavy atom. The molecular formula is C15H20N2O3. The quantitative estimate of drug-likeness (QED) is 0.892. The molecule has 108 valence electrons. The van der Waals surface area contributed by atoms with Gasteiger partial charge in [0.25, 0.3) is 0 Å². The maximum Gasteiger partial charge on any atom is 0.411 e. The highest BCUT2D eigenvalue weighted by atomic mass is 16.6. The Morgan fingerprint density at radius 1 is 1.20 bits per heavy atom. The highest BCUT2D eigenvalue weighted by molar-refractivity contribution is 5.84. The van der Waals surface area contributed by atoms with E-state index in [1.54, 1.807) is 0 Å². The Morgan fingerprint density at radius 3 is 2.65 bits per heavy atom. The second-order valence-electron chi connectivity index (χ2n) is 5.08. The summed E-state index contributed by atoms with van der Waals surface area (Å²) in [5.74, 6) is -0.0376. The maximum atomic E-state index is 11.8. The number of rotatable bonds is 3. The summed E-state index contributed by atoms with van der Waals surface area (Å²) in [7, 11) is 0. The van der Waals surface area contributed by atoms with Gasteiger partial charge in [0.15, 0.2) is 0 Å². The van der Waals surface area contributed by atoms with Crippen LogP contribution in [0.15, 0.2) is 30.3 Å². The number of ether oxygens (including phenoxy) is 1. The van der Waals surface area contributed by atoms with Gasteiger partial charge in [-0.1, -0.05) is 18.2 Å². The minimum absolute atomic E-state index is 0.0376. The predicted molar refractivity (Wildman–Crippen MR) is 76.4 cm³/mol. The molecule has 1 aromatic rings.